The van der Waals surface area contributed by atoms with Crippen molar-refractivity contribution >= 4 is 17.5 Å². The van der Waals surface area contributed by atoms with Gasteiger partial charge >= 0.3 is 0 Å². The zero-order valence-corrected chi connectivity index (χ0v) is 20.4. The second-order valence-electron chi connectivity index (χ2n) is 8.09. The van der Waals surface area contributed by atoms with Crippen molar-refractivity contribution in [1.29, 1.82) is 0 Å². The van der Waals surface area contributed by atoms with E-state index in [9.17, 15) is 9.59 Å². The third-order valence-electron chi connectivity index (χ3n) is 5.54. The first kappa shape index (κ1) is 24.7. The van der Waals surface area contributed by atoms with Crippen molar-refractivity contribution in [3.05, 3.63) is 72.3 Å². The van der Waals surface area contributed by atoms with Crippen molar-refractivity contribution in [2.45, 2.75) is 6.10 Å². The molecule has 4 rings (SSSR count). The third-order valence-corrected chi connectivity index (χ3v) is 5.54. The van der Waals surface area contributed by atoms with E-state index in [-0.39, 0.29) is 24.5 Å². The van der Waals surface area contributed by atoms with Crippen LogP contribution in [0, 0.1) is 0 Å². The topological polar surface area (TPSA) is 95.6 Å². The average molecular weight is 493 g/mol. The summed E-state index contributed by atoms with van der Waals surface area (Å²) in [6, 6.07) is 19.3. The maximum Gasteiger partial charge on any atom is 0.262 e. The smallest absolute Gasteiger partial charge is 0.262 e. The number of nitrogens with one attached hydrogen (secondary N) is 1. The Morgan fingerprint density at radius 2 is 1.67 bits per heavy atom. The highest BCUT2D eigenvalue weighted by molar-refractivity contribution is 5.95. The molecule has 1 aliphatic heterocycles. The van der Waals surface area contributed by atoms with Gasteiger partial charge in [-0.3, -0.25) is 9.59 Å². The Bertz CT molecular complexity index is 1230. The van der Waals surface area contributed by atoms with Gasteiger partial charge in [0.2, 0.25) is 0 Å². The molecule has 0 bridgehead atoms. The molecule has 0 radical (unpaired) electrons. The van der Waals surface area contributed by atoms with Crippen LogP contribution in [-0.2, 0) is 4.79 Å². The summed E-state index contributed by atoms with van der Waals surface area (Å²) in [5.41, 5.74) is 0.956. The van der Waals surface area contributed by atoms with Crippen LogP contribution in [0.25, 0.3) is 0 Å². The van der Waals surface area contributed by atoms with E-state index >= 15 is 0 Å². The Hall–Kier alpha value is -4.40. The first-order valence-electron chi connectivity index (χ1n) is 11.4. The van der Waals surface area contributed by atoms with E-state index < -0.39 is 0 Å². The quantitative estimate of drug-likeness (QED) is 0.487. The van der Waals surface area contributed by atoms with E-state index in [2.05, 4.69) is 5.32 Å². The maximum atomic E-state index is 13.0. The lowest BCUT2D eigenvalue weighted by atomic mass is 10.1. The van der Waals surface area contributed by atoms with E-state index in [1.807, 2.05) is 30.3 Å². The molecule has 9 nitrogen and oxygen atoms in total. The molecule has 3 aromatic rings. The second kappa shape index (κ2) is 11.4. The Morgan fingerprint density at radius 3 is 2.44 bits per heavy atom. The standard InChI is InChI=1S/C27H28N2O7/c1-29(15-19-16-34-22-10-6-7-11-24(22)36-19)27(31)18-12-13-23(25(14-18)33-3)35-17-26(30)28-20-8-4-5-9-21(20)32-2/h4-14,19H,15-17H2,1-3H3,(H,28,30)/t19-/m0/s1. The highest BCUT2D eigenvalue weighted by Gasteiger charge is 2.25. The van der Waals surface area contributed by atoms with Crippen molar-refractivity contribution in [3.63, 3.8) is 0 Å². The average Bonchev–Trinajstić information content (AvgIpc) is 2.91. The summed E-state index contributed by atoms with van der Waals surface area (Å²) in [6.45, 7) is 0.445. The number of methoxy groups -OCH3 is 2. The molecule has 0 saturated heterocycles. The molecule has 0 aromatic heterocycles. The van der Waals surface area contributed by atoms with Crippen LogP contribution in [0.1, 0.15) is 10.4 Å². The molecule has 1 N–H and O–H groups in total. The number of nitrogens with zero attached hydrogens (tertiary/aromatic N) is 1. The van der Waals surface area contributed by atoms with Crippen LogP contribution in [0.4, 0.5) is 5.69 Å². The second-order valence-corrected chi connectivity index (χ2v) is 8.09. The number of carbonyl (C=O) groups is 2. The highest BCUT2D eigenvalue weighted by Crippen LogP contribution is 2.32. The van der Waals surface area contributed by atoms with Crippen molar-refractivity contribution < 1.29 is 33.3 Å². The number of carbonyl (C=O) groups excluding carboxylic acids is 2. The van der Waals surface area contributed by atoms with E-state index in [1.165, 1.54) is 14.2 Å². The predicted octanol–water partition coefficient (Wildman–Crippen LogP) is 3.63. The van der Waals surface area contributed by atoms with Crippen LogP contribution < -0.4 is 29.0 Å². The van der Waals surface area contributed by atoms with Gasteiger partial charge in [-0.15, -0.1) is 0 Å². The van der Waals surface area contributed by atoms with E-state index in [0.29, 0.717) is 53.2 Å². The molecular weight excluding hydrogens is 464 g/mol. The lowest BCUT2D eigenvalue weighted by molar-refractivity contribution is -0.118. The minimum absolute atomic E-state index is 0.212. The molecule has 36 heavy (non-hydrogen) atoms. The Balaban J connectivity index is 1.35. The summed E-state index contributed by atoms with van der Waals surface area (Å²) in [4.78, 5) is 27.0. The fraction of sp³-hybridized carbons (Fsp3) is 0.259. The van der Waals surface area contributed by atoms with Gasteiger partial charge in [-0.05, 0) is 42.5 Å². The summed E-state index contributed by atoms with van der Waals surface area (Å²) in [5, 5.41) is 2.75. The first-order chi connectivity index (χ1) is 17.5. The minimum Gasteiger partial charge on any atom is -0.495 e. The SMILES string of the molecule is COc1ccccc1NC(=O)COc1ccc(C(=O)N(C)C[C@H]2COc3ccccc3O2)cc1OC. The Labute approximate surface area is 209 Å². The van der Waals surface area contributed by atoms with Gasteiger partial charge in [-0.2, -0.15) is 0 Å². The Kier molecular flexibility index (Phi) is 7.79. The minimum atomic E-state index is -0.363. The van der Waals surface area contributed by atoms with Gasteiger partial charge in [-0.25, -0.2) is 0 Å². The van der Waals surface area contributed by atoms with Gasteiger partial charge < -0.3 is 33.9 Å². The number of ether oxygens (including phenoxy) is 5. The number of rotatable bonds is 9. The van der Waals surface area contributed by atoms with Crippen molar-refractivity contribution in [1.82, 2.24) is 4.90 Å². The van der Waals surface area contributed by atoms with Crippen molar-refractivity contribution in [3.8, 4) is 28.7 Å². The number of anilines is 1. The zero-order valence-electron chi connectivity index (χ0n) is 20.4. The summed E-state index contributed by atoms with van der Waals surface area (Å²) in [6.07, 6.45) is -0.292. The third kappa shape index (κ3) is 5.80. The molecule has 188 valence electrons. The monoisotopic (exact) mass is 492 g/mol. The normalized spacial score (nSPS) is 13.9. The van der Waals surface area contributed by atoms with Gasteiger partial charge in [0.15, 0.2) is 35.7 Å². The van der Waals surface area contributed by atoms with Gasteiger partial charge in [0.25, 0.3) is 11.8 Å². The van der Waals surface area contributed by atoms with Crippen LogP contribution in [-0.4, -0.2) is 63.8 Å². The molecule has 0 aliphatic carbocycles. The molecule has 0 saturated carbocycles. The Morgan fingerprint density at radius 1 is 0.944 bits per heavy atom. The highest BCUT2D eigenvalue weighted by atomic mass is 16.6. The van der Waals surface area contributed by atoms with Crippen molar-refractivity contribution in [2.75, 3.05) is 46.3 Å². The molecule has 0 spiro atoms. The lowest BCUT2D eigenvalue weighted by Crippen LogP contribution is -2.41. The van der Waals surface area contributed by atoms with Crippen LogP contribution in [0.2, 0.25) is 0 Å². The largest absolute Gasteiger partial charge is 0.495 e. The summed E-state index contributed by atoms with van der Waals surface area (Å²) in [5.74, 6) is 2.00. The summed E-state index contributed by atoms with van der Waals surface area (Å²) < 4.78 is 28.0. The summed E-state index contributed by atoms with van der Waals surface area (Å²) >= 11 is 0. The van der Waals surface area contributed by atoms with Gasteiger partial charge in [0.1, 0.15) is 12.4 Å². The van der Waals surface area contributed by atoms with E-state index in [1.54, 1.807) is 48.3 Å². The fourth-order valence-electron chi connectivity index (χ4n) is 3.76. The molecular formula is C27H28N2O7. The van der Waals surface area contributed by atoms with Crippen LogP contribution in [0.5, 0.6) is 28.7 Å². The fourth-order valence-corrected chi connectivity index (χ4v) is 3.76. The number of hydrogen-bond donors (Lipinski definition) is 1. The maximum absolute atomic E-state index is 13.0. The van der Waals surface area contributed by atoms with Gasteiger partial charge in [0, 0.05) is 12.6 Å². The van der Waals surface area contributed by atoms with Gasteiger partial charge in [0.05, 0.1) is 26.5 Å². The number of fused-ring (bicyclic) bond motifs is 1. The summed E-state index contributed by atoms with van der Waals surface area (Å²) in [7, 11) is 4.70. The number of para-hydroxylation sites is 4. The molecule has 1 atom stereocenters. The molecule has 9 heteroatoms. The van der Waals surface area contributed by atoms with Crippen LogP contribution in [0.15, 0.2) is 66.7 Å². The zero-order chi connectivity index (χ0) is 25.5. The number of benzene rings is 3. The number of amides is 2. The molecule has 1 aliphatic rings. The van der Waals surface area contributed by atoms with Crippen LogP contribution in [0.3, 0.4) is 0 Å². The lowest BCUT2D eigenvalue weighted by Gasteiger charge is -2.29. The number of hydrogen-bond acceptors (Lipinski definition) is 7. The molecule has 0 unspecified atom stereocenters. The molecule has 1 heterocycles. The van der Waals surface area contributed by atoms with Gasteiger partial charge in [-0.1, -0.05) is 24.3 Å². The van der Waals surface area contributed by atoms with Crippen LogP contribution >= 0.6 is 0 Å². The number of likely N-dealkylation sites (N-methyl/N-ethyl adjacent to an activating group) is 1. The van der Waals surface area contributed by atoms with Crippen molar-refractivity contribution in [2.24, 2.45) is 0 Å². The molecule has 2 amide bonds. The predicted molar refractivity (Wildman–Crippen MR) is 133 cm³/mol. The molecule has 0 fully saturated rings. The molecule has 3 aromatic carbocycles. The van der Waals surface area contributed by atoms with E-state index in [0.717, 1.165) is 0 Å². The first-order valence-corrected chi connectivity index (χ1v) is 11.4. The van der Waals surface area contributed by atoms with E-state index in [4.69, 9.17) is 23.7 Å².